The maximum absolute atomic E-state index is 13.8. The summed E-state index contributed by atoms with van der Waals surface area (Å²) in [6.07, 6.45) is 0.602. The first-order valence-electron chi connectivity index (χ1n) is 5.48. The van der Waals surface area contributed by atoms with E-state index in [1.165, 1.54) is 0 Å². The molecule has 2 nitrogen and oxygen atoms in total. The zero-order valence-corrected chi connectivity index (χ0v) is 11.5. The van der Waals surface area contributed by atoms with Gasteiger partial charge in [-0.15, -0.1) is 0 Å². The fraction of sp³-hybridized carbons (Fsp3) is 0.500. The molecule has 1 fully saturated rings. The van der Waals surface area contributed by atoms with Crippen LogP contribution in [-0.2, 0) is 4.74 Å². The van der Waals surface area contributed by atoms with Gasteiger partial charge in [0.1, 0.15) is 5.82 Å². The Morgan fingerprint density at radius 3 is 3.00 bits per heavy atom. The maximum Gasteiger partial charge on any atom is 0.148 e. The Labute approximate surface area is 113 Å². The number of hydrogen-bond donors (Lipinski definition) is 1. The van der Waals surface area contributed by atoms with Gasteiger partial charge >= 0.3 is 0 Å². The smallest absolute Gasteiger partial charge is 0.148 e. The van der Waals surface area contributed by atoms with Crippen LogP contribution in [0.25, 0.3) is 0 Å². The van der Waals surface area contributed by atoms with Crippen LogP contribution in [0.1, 0.15) is 24.5 Å². The summed E-state index contributed by atoms with van der Waals surface area (Å²) in [4.78, 5) is 0. The lowest BCUT2D eigenvalue weighted by Crippen LogP contribution is -2.09. The Bertz CT molecular complexity index is 408. The molecule has 0 bridgehead atoms. The highest BCUT2D eigenvalue weighted by atomic mass is 79.9. The summed E-state index contributed by atoms with van der Waals surface area (Å²) in [6.45, 7) is 1.36. The van der Waals surface area contributed by atoms with E-state index in [1.807, 2.05) is 0 Å². The number of rotatable bonds is 3. The average Bonchev–Trinajstić information content (AvgIpc) is 2.78. The first-order chi connectivity index (χ1) is 8.09. The van der Waals surface area contributed by atoms with Gasteiger partial charge < -0.3 is 9.84 Å². The maximum atomic E-state index is 13.8. The van der Waals surface area contributed by atoms with Crippen LogP contribution in [0, 0.1) is 11.7 Å². The van der Waals surface area contributed by atoms with Crippen LogP contribution in [0.2, 0.25) is 5.02 Å². The van der Waals surface area contributed by atoms with E-state index in [1.54, 1.807) is 12.1 Å². The standard InChI is InChI=1S/C12H13BrClFO2/c13-9-2-1-8(12(15)11(9)14)10(16)5-7-3-4-17-6-7/h1-2,7,10,16H,3-6H2. The third kappa shape index (κ3) is 2.99. The van der Waals surface area contributed by atoms with Crippen molar-refractivity contribution in [2.24, 2.45) is 5.92 Å². The highest BCUT2D eigenvalue weighted by molar-refractivity contribution is 9.10. The molecule has 1 heterocycles. The summed E-state index contributed by atoms with van der Waals surface area (Å²) in [5.41, 5.74) is 0.255. The van der Waals surface area contributed by atoms with Crippen molar-refractivity contribution < 1.29 is 14.2 Å². The molecule has 0 radical (unpaired) electrons. The average molecular weight is 324 g/mol. The molecule has 2 atom stereocenters. The topological polar surface area (TPSA) is 29.5 Å². The van der Waals surface area contributed by atoms with Crippen LogP contribution in [0.3, 0.4) is 0 Å². The lowest BCUT2D eigenvalue weighted by atomic mass is 9.96. The van der Waals surface area contributed by atoms with Crippen LogP contribution in [0.15, 0.2) is 16.6 Å². The van der Waals surface area contributed by atoms with Crippen molar-refractivity contribution in [3.05, 3.63) is 33.0 Å². The normalized spacial score (nSPS) is 21.8. The molecular weight excluding hydrogens is 310 g/mol. The van der Waals surface area contributed by atoms with Crippen LogP contribution < -0.4 is 0 Å². The zero-order chi connectivity index (χ0) is 12.4. The van der Waals surface area contributed by atoms with Gasteiger partial charge in [0.2, 0.25) is 0 Å². The van der Waals surface area contributed by atoms with E-state index in [-0.39, 0.29) is 10.6 Å². The van der Waals surface area contributed by atoms with E-state index >= 15 is 0 Å². The van der Waals surface area contributed by atoms with E-state index < -0.39 is 11.9 Å². The van der Waals surface area contributed by atoms with E-state index in [0.29, 0.717) is 23.4 Å². The summed E-state index contributed by atoms with van der Waals surface area (Å²) in [7, 11) is 0. The van der Waals surface area contributed by atoms with Crippen molar-refractivity contribution in [3.8, 4) is 0 Å². The number of benzene rings is 1. The van der Waals surface area contributed by atoms with Gasteiger partial charge in [0, 0.05) is 23.2 Å². The van der Waals surface area contributed by atoms with Crippen molar-refractivity contribution in [2.45, 2.75) is 18.9 Å². The minimum atomic E-state index is -0.827. The van der Waals surface area contributed by atoms with Crippen LogP contribution in [-0.4, -0.2) is 18.3 Å². The Morgan fingerprint density at radius 2 is 2.35 bits per heavy atom. The quantitative estimate of drug-likeness (QED) is 0.860. The summed E-state index contributed by atoms with van der Waals surface area (Å²) in [6, 6.07) is 3.21. The Morgan fingerprint density at radius 1 is 1.59 bits per heavy atom. The van der Waals surface area contributed by atoms with Gasteiger partial charge in [-0.1, -0.05) is 17.7 Å². The van der Waals surface area contributed by atoms with Crippen molar-refractivity contribution >= 4 is 27.5 Å². The minimum absolute atomic E-state index is 0.0178. The van der Waals surface area contributed by atoms with Crippen molar-refractivity contribution in [3.63, 3.8) is 0 Å². The fourth-order valence-corrected chi connectivity index (χ4v) is 2.49. The van der Waals surface area contributed by atoms with Crippen molar-refractivity contribution in [1.82, 2.24) is 0 Å². The molecule has 2 unspecified atom stereocenters. The van der Waals surface area contributed by atoms with E-state index in [0.717, 1.165) is 13.0 Å². The second-order valence-corrected chi connectivity index (χ2v) is 5.48. The number of aliphatic hydroxyl groups excluding tert-OH is 1. The molecule has 1 saturated heterocycles. The van der Waals surface area contributed by atoms with Crippen LogP contribution >= 0.6 is 27.5 Å². The largest absolute Gasteiger partial charge is 0.388 e. The monoisotopic (exact) mass is 322 g/mol. The van der Waals surface area contributed by atoms with E-state index in [9.17, 15) is 9.50 Å². The van der Waals surface area contributed by atoms with Gasteiger partial charge in [0.15, 0.2) is 0 Å². The Balaban J connectivity index is 2.13. The molecule has 1 N–H and O–H groups in total. The molecule has 1 aliphatic heterocycles. The van der Waals surface area contributed by atoms with Gasteiger partial charge in [-0.3, -0.25) is 0 Å². The molecule has 1 aromatic rings. The number of ether oxygens (including phenoxy) is 1. The molecule has 0 spiro atoms. The van der Waals surface area contributed by atoms with Crippen molar-refractivity contribution in [2.75, 3.05) is 13.2 Å². The minimum Gasteiger partial charge on any atom is -0.388 e. The molecule has 0 saturated carbocycles. The van der Waals surface area contributed by atoms with Crippen LogP contribution in [0.5, 0.6) is 0 Å². The molecule has 2 rings (SSSR count). The Kier molecular flexibility index (Phi) is 4.42. The molecule has 5 heteroatoms. The summed E-state index contributed by atoms with van der Waals surface area (Å²) >= 11 is 8.93. The first-order valence-corrected chi connectivity index (χ1v) is 6.66. The second-order valence-electron chi connectivity index (χ2n) is 4.25. The first kappa shape index (κ1) is 13.3. The molecule has 1 aliphatic rings. The molecule has 0 aromatic heterocycles. The highest BCUT2D eigenvalue weighted by Gasteiger charge is 2.23. The number of aliphatic hydroxyl groups is 1. The van der Waals surface area contributed by atoms with Crippen LogP contribution in [0.4, 0.5) is 4.39 Å². The lowest BCUT2D eigenvalue weighted by molar-refractivity contribution is 0.126. The third-order valence-corrected chi connectivity index (χ3v) is 4.26. The molecule has 1 aromatic carbocycles. The summed E-state index contributed by atoms with van der Waals surface area (Å²) < 4.78 is 19.6. The predicted molar refractivity (Wildman–Crippen MR) is 67.6 cm³/mol. The lowest BCUT2D eigenvalue weighted by Gasteiger charge is -2.16. The zero-order valence-electron chi connectivity index (χ0n) is 9.13. The van der Waals surface area contributed by atoms with Gasteiger partial charge in [0.05, 0.1) is 11.1 Å². The number of halogens is 3. The molecule has 94 valence electrons. The Hall–Kier alpha value is -0.160. The van der Waals surface area contributed by atoms with E-state index in [4.69, 9.17) is 16.3 Å². The number of hydrogen-bond acceptors (Lipinski definition) is 2. The summed E-state index contributed by atoms with van der Waals surface area (Å²) in [5.74, 6) is -0.251. The molecule has 0 aliphatic carbocycles. The summed E-state index contributed by atoms with van der Waals surface area (Å²) in [5, 5.41) is 10.0. The second kappa shape index (κ2) is 5.65. The molecule has 17 heavy (non-hydrogen) atoms. The molecule has 0 amide bonds. The predicted octanol–water partition coefficient (Wildman–Crippen LogP) is 3.70. The third-order valence-electron chi connectivity index (χ3n) is 3.00. The molecular formula is C12H13BrClFO2. The van der Waals surface area contributed by atoms with Gasteiger partial charge in [-0.25, -0.2) is 4.39 Å². The SMILES string of the molecule is OC(CC1CCOC1)c1ccc(Br)c(Cl)c1F. The fourth-order valence-electron chi connectivity index (χ4n) is 2.01. The van der Waals surface area contributed by atoms with E-state index in [2.05, 4.69) is 15.9 Å². The van der Waals surface area contributed by atoms with Crippen molar-refractivity contribution in [1.29, 1.82) is 0 Å². The van der Waals surface area contributed by atoms with Gasteiger partial charge in [-0.2, -0.15) is 0 Å². The van der Waals surface area contributed by atoms with Gasteiger partial charge in [-0.05, 0) is 40.8 Å². The van der Waals surface area contributed by atoms with Gasteiger partial charge in [0.25, 0.3) is 0 Å². The highest BCUT2D eigenvalue weighted by Crippen LogP contribution is 2.33.